The van der Waals surface area contributed by atoms with E-state index in [1.54, 1.807) is 30.3 Å². The summed E-state index contributed by atoms with van der Waals surface area (Å²) in [4.78, 5) is 11.1. The molecule has 0 aliphatic carbocycles. The molecule has 2 rings (SSSR count). The number of carbonyl (C=O) groups is 1. The van der Waals surface area contributed by atoms with Gasteiger partial charge in [0.15, 0.2) is 12.0 Å². The SMILES string of the molecule is C/C(C=O)=C(\C(OC1CCCCO1)=C(F)F)c1ccccc1. The first kappa shape index (κ1) is 16.4. The number of rotatable bonds is 5. The highest BCUT2D eigenvalue weighted by Gasteiger charge is 2.24. The maximum atomic E-state index is 13.4. The number of hydrogen-bond acceptors (Lipinski definition) is 3. The molecule has 0 N–H and O–H groups in total. The first-order valence-corrected chi connectivity index (χ1v) is 7.19. The number of ether oxygens (including phenoxy) is 2. The van der Waals surface area contributed by atoms with Gasteiger partial charge in [-0.25, -0.2) is 0 Å². The van der Waals surface area contributed by atoms with Gasteiger partial charge in [0, 0.05) is 17.6 Å². The van der Waals surface area contributed by atoms with E-state index in [-0.39, 0.29) is 11.1 Å². The number of allylic oxidation sites excluding steroid dienone is 2. The maximum absolute atomic E-state index is 13.4. The van der Waals surface area contributed by atoms with E-state index in [1.807, 2.05) is 0 Å². The topological polar surface area (TPSA) is 35.5 Å². The summed E-state index contributed by atoms with van der Waals surface area (Å²) in [6.07, 6.45) is 0.196. The largest absolute Gasteiger partial charge is 0.459 e. The molecule has 118 valence electrons. The summed E-state index contributed by atoms with van der Waals surface area (Å²) in [5, 5.41) is 0. The highest BCUT2D eigenvalue weighted by molar-refractivity contribution is 5.93. The van der Waals surface area contributed by atoms with Crippen LogP contribution in [0.15, 0.2) is 47.7 Å². The highest BCUT2D eigenvalue weighted by atomic mass is 19.3. The summed E-state index contributed by atoms with van der Waals surface area (Å²) in [7, 11) is 0. The summed E-state index contributed by atoms with van der Waals surface area (Å²) < 4.78 is 37.6. The van der Waals surface area contributed by atoms with Gasteiger partial charge in [-0.15, -0.1) is 0 Å². The van der Waals surface area contributed by atoms with Crippen LogP contribution < -0.4 is 0 Å². The van der Waals surface area contributed by atoms with E-state index >= 15 is 0 Å². The standard InChI is InChI=1S/C17H18F2O3/c1-12(11-20)15(13-7-3-2-4-8-13)16(17(18)19)22-14-9-5-6-10-21-14/h2-4,7-8,11,14H,5-6,9-10H2,1H3/b15-12+. The number of benzene rings is 1. The summed E-state index contributed by atoms with van der Waals surface area (Å²) in [6, 6.07) is 8.54. The van der Waals surface area contributed by atoms with Crippen molar-refractivity contribution in [2.24, 2.45) is 0 Å². The van der Waals surface area contributed by atoms with Gasteiger partial charge in [-0.2, -0.15) is 8.78 Å². The zero-order valence-electron chi connectivity index (χ0n) is 12.4. The van der Waals surface area contributed by atoms with Gasteiger partial charge < -0.3 is 9.47 Å². The minimum Gasteiger partial charge on any atom is -0.459 e. The molecular formula is C17H18F2O3. The Bertz CT molecular complexity index is 569. The van der Waals surface area contributed by atoms with E-state index in [0.29, 0.717) is 24.9 Å². The Balaban J connectivity index is 2.39. The van der Waals surface area contributed by atoms with Crippen LogP contribution in [-0.4, -0.2) is 19.2 Å². The van der Waals surface area contributed by atoms with Crippen LogP contribution >= 0.6 is 0 Å². The van der Waals surface area contributed by atoms with Gasteiger partial charge in [0.25, 0.3) is 0 Å². The molecule has 0 spiro atoms. The zero-order valence-corrected chi connectivity index (χ0v) is 12.4. The molecule has 1 fully saturated rings. The molecule has 22 heavy (non-hydrogen) atoms. The molecule has 0 amide bonds. The molecule has 1 aromatic carbocycles. The summed E-state index contributed by atoms with van der Waals surface area (Å²) >= 11 is 0. The predicted molar refractivity (Wildman–Crippen MR) is 79.0 cm³/mol. The Morgan fingerprint density at radius 2 is 2.00 bits per heavy atom. The maximum Gasteiger partial charge on any atom is 0.312 e. The number of aldehydes is 1. The van der Waals surface area contributed by atoms with Crippen molar-refractivity contribution in [1.82, 2.24) is 0 Å². The van der Waals surface area contributed by atoms with Gasteiger partial charge in [0.2, 0.25) is 0 Å². The van der Waals surface area contributed by atoms with E-state index in [4.69, 9.17) is 9.47 Å². The molecule has 0 radical (unpaired) electrons. The van der Waals surface area contributed by atoms with Crippen molar-refractivity contribution in [3.63, 3.8) is 0 Å². The smallest absolute Gasteiger partial charge is 0.312 e. The van der Waals surface area contributed by atoms with Crippen LogP contribution in [-0.2, 0) is 14.3 Å². The molecule has 0 bridgehead atoms. The molecule has 1 aliphatic heterocycles. The average Bonchev–Trinajstić information content (AvgIpc) is 2.55. The summed E-state index contributed by atoms with van der Waals surface area (Å²) in [6.45, 7) is 1.98. The van der Waals surface area contributed by atoms with Crippen molar-refractivity contribution in [1.29, 1.82) is 0 Å². The van der Waals surface area contributed by atoms with E-state index in [2.05, 4.69) is 0 Å². The van der Waals surface area contributed by atoms with E-state index in [0.717, 1.165) is 12.8 Å². The minimum atomic E-state index is -1.96. The van der Waals surface area contributed by atoms with Crippen LogP contribution in [0.1, 0.15) is 31.7 Å². The number of hydrogen-bond donors (Lipinski definition) is 0. The Morgan fingerprint density at radius 1 is 1.27 bits per heavy atom. The number of halogens is 2. The van der Waals surface area contributed by atoms with E-state index in [1.165, 1.54) is 6.92 Å². The Kier molecular flexibility index (Phi) is 5.83. The Labute approximate surface area is 128 Å². The predicted octanol–water partition coefficient (Wildman–Crippen LogP) is 4.31. The quantitative estimate of drug-likeness (QED) is 0.352. The number of carbonyl (C=O) groups excluding carboxylic acids is 1. The molecule has 5 heteroatoms. The fourth-order valence-corrected chi connectivity index (χ4v) is 2.34. The lowest BCUT2D eigenvalue weighted by molar-refractivity contribution is -0.137. The molecule has 1 atom stereocenters. The molecule has 3 nitrogen and oxygen atoms in total. The molecule has 1 heterocycles. The third-order valence-electron chi connectivity index (χ3n) is 3.42. The first-order valence-electron chi connectivity index (χ1n) is 7.19. The van der Waals surface area contributed by atoms with Gasteiger partial charge in [-0.05, 0) is 25.3 Å². The van der Waals surface area contributed by atoms with E-state index < -0.39 is 18.1 Å². The Morgan fingerprint density at radius 3 is 2.55 bits per heavy atom. The third-order valence-corrected chi connectivity index (χ3v) is 3.42. The lowest BCUT2D eigenvalue weighted by Gasteiger charge is -2.25. The van der Waals surface area contributed by atoms with Crippen LogP contribution in [0.25, 0.3) is 5.57 Å². The van der Waals surface area contributed by atoms with Gasteiger partial charge in [-0.3, -0.25) is 4.79 Å². The average molecular weight is 308 g/mol. The van der Waals surface area contributed by atoms with Crippen LogP contribution in [0.2, 0.25) is 0 Å². The lowest BCUT2D eigenvalue weighted by Crippen LogP contribution is -2.22. The van der Waals surface area contributed by atoms with Crippen LogP contribution in [0, 0.1) is 0 Å². The van der Waals surface area contributed by atoms with Crippen molar-refractivity contribution < 1.29 is 23.0 Å². The monoisotopic (exact) mass is 308 g/mol. The van der Waals surface area contributed by atoms with Gasteiger partial charge >= 0.3 is 6.08 Å². The second-order valence-corrected chi connectivity index (χ2v) is 5.05. The third kappa shape index (κ3) is 4.01. The van der Waals surface area contributed by atoms with Crippen LogP contribution in [0.5, 0.6) is 0 Å². The Hall–Kier alpha value is -2.01. The summed E-state index contributed by atoms with van der Waals surface area (Å²) in [5.41, 5.74) is 0.792. The fourth-order valence-electron chi connectivity index (χ4n) is 2.34. The first-order chi connectivity index (χ1) is 10.6. The van der Waals surface area contributed by atoms with Crippen LogP contribution in [0.3, 0.4) is 0 Å². The van der Waals surface area contributed by atoms with Crippen molar-refractivity contribution >= 4 is 11.9 Å². The molecular weight excluding hydrogens is 290 g/mol. The summed E-state index contributed by atoms with van der Waals surface area (Å²) in [5.74, 6) is -0.581. The van der Waals surface area contributed by atoms with Crippen molar-refractivity contribution in [2.75, 3.05) is 6.61 Å². The minimum absolute atomic E-state index is 0.102. The van der Waals surface area contributed by atoms with Crippen molar-refractivity contribution in [2.45, 2.75) is 32.5 Å². The fraction of sp³-hybridized carbons (Fsp3) is 0.353. The van der Waals surface area contributed by atoms with Gasteiger partial charge in [-0.1, -0.05) is 30.3 Å². The van der Waals surface area contributed by atoms with E-state index in [9.17, 15) is 13.6 Å². The molecule has 1 saturated heterocycles. The second-order valence-electron chi connectivity index (χ2n) is 5.05. The van der Waals surface area contributed by atoms with Gasteiger partial charge in [0.05, 0.1) is 6.61 Å². The molecule has 1 aliphatic rings. The van der Waals surface area contributed by atoms with Crippen molar-refractivity contribution in [3.05, 3.63) is 53.3 Å². The molecule has 0 saturated carbocycles. The molecule has 1 unspecified atom stereocenters. The van der Waals surface area contributed by atoms with Crippen LogP contribution in [0.4, 0.5) is 8.78 Å². The highest BCUT2D eigenvalue weighted by Crippen LogP contribution is 2.32. The second kappa shape index (κ2) is 7.84. The zero-order chi connectivity index (χ0) is 15.9. The van der Waals surface area contributed by atoms with Gasteiger partial charge in [0.1, 0.15) is 6.29 Å². The molecule has 1 aromatic rings. The van der Waals surface area contributed by atoms with Crippen molar-refractivity contribution in [3.8, 4) is 0 Å². The molecule has 0 aromatic heterocycles. The normalized spacial score (nSPS) is 19.1. The lowest BCUT2D eigenvalue weighted by atomic mass is 9.99.